The summed E-state index contributed by atoms with van der Waals surface area (Å²) in [5.41, 5.74) is 13.0. The van der Waals surface area contributed by atoms with Crippen LogP contribution >= 0.6 is 0 Å². The molecule has 9 rings (SSSR count). The molecule has 2 heterocycles. The fraction of sp³-hybridized carbons (Fsp3) is 0. The molecule has 0 bridgehead atoms. The predicted molar refractivity (Wildman–Crippen MR) is 203 cm³/mol. The summed E-state index contributed by atoms with van der Waals surface area (Å²) in [6.07, 6.45) is 2.23. The standard InChI is InChI=1S/C46H32N2/c1-4-12-33(13-5-1)35-20-24-39(25-21-35)48(40-26-22-36(23-27-40)34-14-6-2-7-15-34)41-28-29-43-44(32-41)47-31-30-37-16-10-11-19-42(37)46(47)45(43)38-17-8-3-9-18-38/h1-32H. The van der Waals surface area contributed by atoms with E-state index in [1.54, 1.807) is 0 Å². The highest BCUT2D eigenvalue weighted by atomic mass is 15.1. The smallest absolute Gasteiger partial charge is 0.0619 e. The van der Waals surface area contributed by atoms with Gasteiger partial charge in [0.05, 0.1) is 11.0 Å². The quantitative estimate of drug-likeness (QED) is 0.181. The molecule has 0 atom stereocenters. The van der Waals surface area contributed by atoms with E-state index >= 15 is 0 Å². The topological polar surface area (TPSA) is 7.65 Å². The molecule has 226 valence electrons. The van der Waals surface area contributed by atoms with Gasteiger partial charge in [-0.3, -0.25) is 0 Å². The zero-order valence-electron chi connectivity index (χ0n) is 26.4. The van der Waals surface area contributed by atoms with E-state index < -0.39 is 0 Å². The van der Waals surface area contributed by atoms with E-state index in [0.717, 1.165) is 17.1 Å². The zero-order chi connectivity index (χ0) is 31.9. The van der Waals surface area contributed by atoms with Crippen LogP contribution in [0.3, 0.4) is 0 Å². The monoisotopic (exact) mass is 612 g/mol. The van der Waals surface area contributed by atoms with Crippen LogP contribution in [0.2, 0.25) is 0 Å². The second kappa shape index (κ2) is 11.8. The van der Waals surface area contributed by atoms with E-state index in [1.807, 2.05) is 0 Å². The number of pyridine rings is 1. The predicted octanol–water partition coefficient (Wildman–Crippen LogP) is 12.7. The Morgan fingerprint density at radius 3 is 1.42 bits per heavy atom. The first-order valence-corrected chi connectivity index (χ1v) is 16.4. The number of fused-ring (bicyclic) bond motifs is 5. The van der Waals surface area contributed by atoms with E-state index in [1.165, 1.54) is 60.6 Å². The molecular weight excluding hydrogens is 581 g/mol. The molecule has 0 N–H and O–H groups in total. The normalized spacial score (nSPS) is 11.3. The van der Waals surface area contributed by atoms with E-state index in [-0.39, 0.29) is 0 Å². The molecule has 2 aromatic heterocycles. The number of nitrogens with zero attached hydrogens (tertiary/aromatic N) is 2. The second-order valence-electron chi connectivity index (χ2n) is 12.2. The summed E-state index contributed by atoms with van der Waals surface area (Å²) in [4.78, 5) is 2.37. The van der Waals surface area contributed by atoms with Gasteiger partial charge in [0, 0.05) is 39.6 Å². The van der Waals surface area contributed by atoms with E-state index in [0.29, 0.717) is 0 Å². The summed E-state index contributed by atoms with van der Waals surface area (Å²) in [5, 5.41) is 3.73. The van der Waals surface area contributed by atoms with Gasteiger partial charge in [-0.2, -0.15) is 0 Å². The molecule has 0 aliphatic carbocycles. The Morgan fingerprint density at radius 2 is 0.833 bits per heavy atom. The van der Waals surface area contributed by atoms with Crippen LogP contribution in [0.5, 0.6) is 0 Å². The second-order valence-corrected chi connectivity index (χ2v) is 12.2. The third-order valence-corrected chi connectivity index (χ3v) is 9.39. The summed E-state index contributed by atoms with van der Waals surface area (Å²) in [6.45, 7) is 0. The molecule has 0 fully saturated rings. The van der Waals surface area contributed by atoms with E-state index in [2.05, 4.69) is 204 Å². The average Bonchev–Trinajstić information content (AvgIpc) is 3.51. The van der Waals surface area contributed by atoms with Crippen molar-refractivity contribution in [1.82, 2.24) is 4.40 Å². The zero-order valence-corrected chi connectivity index (χ0v) is 26.4. The minimum absolute atomic E-state index is 1.11. The molecule has 2 nitrogen and oxygen atoms in total. The van der Waals surface area contributed by atoms with Crippen molar-refractivity contribution in [1.29, 1.82) is 0 Å². The molecule has 7 aromatic carbocycles. The third kappa shape index (κ3) is 4.83. The van der Waals surface area contributed by atoms with Crippen LogP contribution in [0.1, 0.15) is 0 Å². The van der Waals surface area contributed by atoms with Crippen LogP contribution in [0, 0.1) is 0 Å². The fourth-order valence-corrected chi connectivity index (χ4v) is 7.08. The van der Waals surface area contributed by atoms with Crippen molar-refractivity contribution in [3.05, 3.63) is 194 Å². The maximum Gasteiger partial charge on any atom is 0.0619 e. The lowest BCUT2D eigenvalue weighted by Gasteiger charge is -2.26. The Morgan fingerprint density at radius 1 is 0.354 bits per heavy atom. The van der Waals surface area contributed by atoms with Gasteiger partial charge in [-0.1, -0.05) is 146 Å². The molecule has 0 spiro atoms. The van der Waals surface area contributed by atoms with Crippen molar-refractivity contribution in [2.45, 2.75) is 0 Å². The Hall–Kier alpha value is -6.38. The first kappa shape index (κ1) is 27.9. The molecule has 2 heteroatoms. The van der Waals surface area contributed by atoms with Crippen molar-refractivity contribution in [2.75, 3.05) is 4.90 Å². The SMILES string of the molecule is c1ccc(-c2ccc(N(c3ccc(-c4ccccc4)cc3)c3ccc4c(-c5ccccc5)c5c6ccccc6ccn5c4c3)cc2)cc1. The van der Waals surface area contributed by atoms with E-state index in [9.17, 15) is 0 Å². The van der Waals surface area contributed by atoms with Gasteiger partial charge in [-0.25, -0.2) is 0 Å². The lowest BCUT2D eigenvalue weighted by Crippen LogP contribution is -2.10. The first-order chi connectivity index (χ1) is 23.8. The summed E-state index contributed by atoms with van der Waals surface area (Å²) < 4.78 is 2.37. The molecule has 48 heavy (non-hydrogen) atoms. The average molecular weight is 613 g/mol. The summed E-state index contributed by atoms with van der Waals surface area (Å²) >= 11 is 0. The van der Waals surface area contributed by atoms with Gasteiger partial charge >= 0.3 is 0 Å². The molecule has 0 saturated heterocycles. The maximum atomic E-state index is 2.37. The lowest BCUT2D eigenvalue weighted by atomic mass is 10.00. The molecular formula is C46H32N2. The Kier molecular flexibility index (Phi) is 6.84. The fourth-order valence-electron chi connectivity index (χ4n) is 7.08. The first-order valence-electron chi connectivity index (χ1n) is 16.4. The van der Waals surface area contributed by atoms with Crippen molar-refractivity contribution >= 4 is 44.3 Å². The van der Waals surface area contributed by atoms with Crippen molar-refractivity contribution in [3.8, 4) is 33.4 Å². The maximum absolute atomic E-state index is 2.37. The van der Waals surface area contributed by atoms with Gasteiger partial charge in [-0.05, 0) is 75.7 Å². The number of benzene rings is 7. The lowest BCUT2D eigenvalue weighted by molar-refractivity contribution is 1.25. The number of hydrogen-bond acceptors (Lipinski definition) is 1. The highest BCUT2D eigenvalue weighted by Gasteiger charge is 2.19. The van der Waals surface area contributed by atoms with Gasteiger partial charge in [0.15, 0.2) is 0 Å². The van der Waals surface area contributed by atoms with Crippen LogP contribution in [0.25, 0.3) is 60.6 Å². The van der Waals surface area contributed by atoms with Gasteiger partial charge in [0.1, 0.15) is 0 Å². The molecule has 0 radical (unpaired) electrons. The van der Waals surface area contributed by atoms with Gasteiger partial charge in [0.25, 0.3) is 0 Å². The van der Waals surface area contributed by atoms with Gasteiger partial charge in [0.2, 0.25) is 0 Å². The molecule has 0 aliphatic heterocycles. The Balaban J connectivity index is 1.25. The highest BCUT2D eigenvalue weighted by Crippen LogP contribution is 2.43. The number of rotatable bonds is 6. The number of aromatic nitrogens is 1. The summed E-state index contributed by atoms with van der Waals surface area (Å²) in [7, 11) is 0. The van der Waals surface area contributed by atoms with Gasteiger partial charge < -0.3 is 9.30 Å². The summed E-state index contributed by atoms with van der Waals surface area (Å²) in [6, 6.07) is 67.6. The Bertz CT molecular complexity index is 2430. The van der Waals surface area contributed by atoms with Crippen molar-refractivity contribution in [2.24, 2.45) is 0 Å². The Labute approximate surface area is 280 Å². The number of anilines is 3. The third-order valence-electron chi connectivity index (χ3n) is 9.39. The minimum Gasteiger partial charge on any atom is -0.315 e. The molecule has 0 saturated carbocycles. The molecule has 9 aromatic rings. The largest absolute Gasteiger partial charge is 0.315 e. The number of hydrogen-bond donors (Lipinski definition) is 0. The van der Waals surface area contributed by atoms with Gasteiger partial charge in [-0.15, -0.1) is 0 Å². The highest BCUT2D eigenvalue weighted by molar-refractivity contribution is 6.15. The molecule has 0 unspecified atom stereocenters. The van der Waals surface area contributed by atoms with Crippen LogP contribution in [0.4, 0.5) is 17.1 Å². The van der Waals surface area contributed by atoms with Crippen molar-refractivity contribution in [3.63, 3.8) is 0 Å². The molecule has 0 amide bonds. The van der Waals surface area contributed by atoms with Crippen LogP contribution < -0.4 is 4.90 Å². The van der Waals surface area contributed by atoms with Crippen LogP contribution in [0.15, 0.2) is 194 Å². The summed E-state index contributed by atoms with van der Waals surface area (Å²) in [5.74, 6) is 0. The molecule has 0 aliphatic rings. The van der Waals surface area contributed by atoms with Crippen LogP contribution in [-0.2, 0) is 0 Å². The minimum atomic E-state index is 1.11. The van der Waals surface area contributed by atoms with Crippen LogP contribution in [-0.4, -0.2) is 4.40 Å². The van der Waals surface area contributed by atoms with Crippen molar-refractivity contribution < 1.29 is 0 Å². The van der Waals surface area contributed by atoms with E-state index in [4.69, 9.17) is 0 Å².